The first-order valence-corrected chi connectivity index (χ1v) is 17.3. The Hall–Kier alpha value is -2.20. The van der Waals surface area contributed by atoms with Crippen LogP contribution in [0.4, 0.5) is 0 Å². The van der Waals surface area contributed by atoms with Gasteiger partial charge in [-0.15, -0.1) is 11.3 Å². The third-order valence-corrected chi connectivity index (χ3v) is 8.95. The number of hydrogen-bond donors (Lipinski definition) is 0. The van der Waals surface area contributed by atoms with Gasteiger partial charge in [-0.1, -0.05) is 117 Å². The molecular weight excluding hydrogens is 508 g/mol. The van der Waals surface area contributed by atoms with Crippen LogP contribution in [0, 0.1) is 0 Å². The van der Waals surface area contributed by atoms with Crippen LogP contribution in [0.15, 0.2) is 48.8 Å². The van der Waals surface area contributed by atoms with E-state index in [4.69, 9.17) is 4.74 Å². The van der Waals surface area contributed by atoms with Crippen LogP contribution in [0.1, 0.15) is 134 Å². The molecule has 0 atom stereocenters. The lowest BCUT2D eigenvalue weighted by Gasteiger charge is -2.07. The number of hydrogen-bond acceptors (Lipinski definition) is 4. The Morgan fingerprint density at radius 1 is 0.550 bits per heavy atom. The number of aromatic nitrogens is 2. The van der Waals surface area contributed by atoms with Gasteiger partial charge in [0.05, 0.1) is 6.61 Å². The predicted molar refractivity (Wildman–Crippen MR) is 174 cm³/mol. The predicted octanol–water partition coefficient (Wildman–Crippen LogP) is 11.9. The van der Waals surface area contributed by atoms with Gasteiger partial charge in [0.2, 0.25) is 0 Å². The van der Waals surface area contributed by atoms with Crippen LogP contribution in [0.2, 0.25) is 0 Å². The fourth-order valence-electron chi connectivity index (χ4n) is 5.18. The summed E-state index contributed by atoms with van der Waals surface area (Å²) in [6.45, 7) is 5.35. The van der Waals surface area contributed by atoms with Crippen LogP contribution in [0.3, 0.4) is 0 Å². The lowest BCUT2D eigenvalue weighted by atomic mass is 10.1. The molecule has 0 aliphatic rings. The molecule has 0 bridgehead atoms. The number of unbranched alkanes of at least 4 members (excludes halogenated alkanes) is 16. The monoisotopic (exact) mass is 562 g/mol. The van der Waals surface area contributed by atoms with E-state index >= 15 is 0 Å². The molecule has 40 heavy (non-hydrogen) atoms. The van der Waals surface area contributed by atoms with Crippen molar-refractivity contribution in [1.29, 1.82) is 0 Å². The maximum absolute atomic E-state index is 5.95. The lowest BCUT2D eigenvalue weighted by molar-refractivity contribution is 0.304. The largest absolute Gasteiger partial charge is 0.494 e. The highest BCUT2D eigenvalue weighted by molar-refractivity contribution is 7.15. The Morgan fingerprint density at radius 2 is 1.07 bits per heavy atom. The Labute approximate surface area is 249 Å². The van der Waals surface area contributed by atoms with Gasteiger partial charge in [0.15, 0.2) is 5.82 Å². The topological polar surface area (TPSA) is 35.0 Å². The Bertz CT molecular complexity index is 1010. The fourth-order valence-corrected chi connectivity index (χ4v) is 6.21. The van der Waals surface area contributed by atoms with Crippen molar-refractivity contribution >= 4 is 11.3 Å². The van der Waals surface area contributed by atoms with Gasteiger partial charge in [0, 0.05) is 33.3 Å². The van der Waals surface area contributed by atoms with E-state index in [1.165, 1.54) is 125 Å². The van der Waals surface area contributed by atoms with Crippen molar-refractivity contribution in [2.45, 2.75) is 136 Å². The molecule has 0 amide bonds. The average molecular weight is 563 g/mol. The molecule has 0 aliphatic carbocycles. The van der Waals surface area contributed by atoms with Crippen LogP contribution >= 0.6 is 11.3 Å². The molecule has 1 aromatic carbocycles. The molecule has 0 N–H and O–H groups in total. The first-order valence-electron chi connectivity index (χ1n) is 16.4. The quantitative estimate of drug-likeness (QED) is 0.108. The van der Waals surface area contributed by atoms with Gasteiger partial charge in [-0.3, -0.25) is 0 Å². The highest BCUT2D eigenvalue weighted by Crippen LogP contribution is 2.29. The number of thiophene rings is 1. The molecule has 2 heterocycles. The number of rotatable bonds is 23. The molecule has 220 valence electrons. The molecule has 4 heteroatoms. The van der Waals surface area contributed by atoms with Gasteiger partial charge >= 0.3 is 0 Å². The fraction of sp³-hybridized carbons (Fsp3) is 0.611. The summed E-state index contributed by atoms with van der Waals surface area (Å²) >= 11 is 1.89. The SMILES string of the molecule is CCCCCCCCCCCCc1ccc(-c2cnc(-c3ccc(OCCCCCCCCCC)cc3)nc2)s1. The van der Waals surface area contributed by atoms with E-state index in [9.17, 15) is 0 Å². The number of nitrogens with zero attached hydrogens (tertiary/aromatic N) is 2. The minimum absolute atomic E-state index is 0.764. The summed E-state index contributed by atoms with van der Waals surface area (Å²) < 4.78 is 5.95. The number of ether oxygens (including phenoxy) is 1. The molecule has 3 aromatic rings. The highest BCUT2D eigenvalue weighted by Gasteiger charge is 2.07. The van der Waals surface area contributed by atoms with Crippen LogP contribution in [0.5, 0.6) is 5.75 Å². The summed E-state index contributed by atoms with van der Waals surface area (Å²) in [6.07, 6.45) is 29.5. The van der Waals surface area contributed by atoms with Crippen LogP contribution in [-0.2, 0) is 6.42 Å². The maximum Gasteiger partial charge on any atom is 0.159 e. The van der Waals surface area contributed by atoms with Crippen molar-refractivity contribution in [3.05, 3.63) is 53.7 Å². The molecule has 3 nitrogen and oxygen atoms in total. The maximum atomic E-state index is 5.95. The summed E-state index contributed by atoms with van der Waals surface area (Å²) in [5.74, 6) is 1.69. The van der Waals surface area contributed by atoms with Crippen molar-refractivity contribution in [1.82, 2.24) is 9.97 Å². The summed E-state index contributed by atoms with van der Waals surface area (Å²) in [5, 5.41) is 0. The summed E-state index contributed by atoms with van der Waals surface area (Å²) in [5.41, 5.74) is 2.13. The van der Waals surface area contributed by atoms with Crippen molar-refractivity contribution in [2.75, 3.05) is 6.61 Å². The molecule has 0 fully saturated rings. The first kappa shape index (κ1) is 32.3. The van der Waals surface area contributed by atoms with E-state index in [0.717, 1.165) is 35.7 Å². The second-order valence-electron chi connectivity index (χ2n) is 11.3. The van der Waals surface area contributed by atoms with Crippen LogP contribution in [-0.4, -0.2) is 16.6 Å². The molecular formula is C36H54N2OS. The zero-order valence-electron chi connectivity index (χ0n) is 25.5. The summed E-state index contributed by atoms with van der Waals surface area (Å²) in [6, 6.07) is 12.7. The van der Waals surface area contributed by atoms with Gasteiger partial charge in [0.25, 0.3) is 0 Å². The molecule has 2 aromatic heterocycles. The van der Waals surface area contributed by atoms with E-state index in [2.05, 4.69) is 48.1 Å². The van der Waals surface area contributed by atoms with E-state index < -0.39 is 0 Å². The van der Waals surface area contributed by atoms with E-state index in [1.54, 1.807) is 0 Å². The second kappa shape index (κ2) is 20.6. The van der Waals surface area contributed by atoms with Gasteiger partial charge in [0.1, 0.15) is 5.75 Å². The first-order chi connectivity index (χ1) is 19.8. The van der Waals surface area contributed by atoms with Crippen LogP contribution < -0.4 is 4.74 Å². The zero-order valence-corrected chi connectivity index (χ0v) is 26.3. The van der Waals surface area contributed by atoms with E-state index in [-0.39, 0.29) is 0 Å². The average Bonchev–Trinajstić information content (AvgIpc) is 3.47. The third kappa shape index (κ3) is 13.0. The number of aryl methyl sites for hydroxylation is 1. The van der Waals surface area contributed by atoms with Crippen LogP contribution in [0.25, 0.3) is 21.8 Å². The molecule has 3 rings (SSSR count). The van der Waals surface area contributed by atoms with Gasteiger partial charge in [-0.25, -0.2) is 9.97 Å². The minimum atomic E-state index is 0.764. The molecule has 0 saturated heterocycles. The second-order valence-corrected chi connectivity index (χ2v) is 12.5. The third-order valence-electron chi connectivity index (χ3n) is 7.75. The molecule has 0 radical (unpaired) electrons. The smallest absolute Gasteiger partial charge is 0.159 e. The van der Waals surface area contributed by atoms with Crippen molar-refractivity contribution in [3.63, 3.8) is 0 Å². The van der Waals surface area contributed by atoms with Gasteiger partial charge < -0.3 is 4.74 Å². The molecule has 0 unspecified atom stereocenters. The Balaban J connectivity index is 1.31. The molecule has 0 saturated carbocycles. The number of benzene rings is 1. The summed E-state index contributed by atoms with van der Waals surface area (Å²) in [7, 11) is 0. The van der Waals surface area contributed by atoms with E-state index in [1.807, 2.05) is 35.9 Å². The van der Waals surface area contributed by atoms with Crippen molar-refractivity contribution < 1.29 is 4.74 Å². The summed E-state index contributed by atoms with van der Waals surface area (Å²) in [4.78, 5) is 12.1. The van der Waals surface area contributed by atoms with Crippen molar-refractivity contribution in [3.8, 4) is 27.6 Å². The Morgan fingerprint density at radius 3 is 1.65 bits per heavy atom. The molecule has 0 spiro atoms. The standard InChI is InChI=1S/C36H54N2OS/c1-3-5-7-9-11-13-14-15-17-19-21-34-26-27-35(40-34)32-29-37-36(38-30-32)31-22-24-33(25-23-31)39-28-20-18-16-12-10-8-6-4-2/h22-27,29-30H,3-21,28H2,1-2H3. The lowest BCUT2D eigenvalue weighted by Crippen LogP contribution is -1.97. The van der Waals surface area contributed by atoms with Crippen molar-refractivity contribution in [2.24, 2.45) is 0 Å². The Kier molecular flexibility index (Phi) is 16.7. The minimum Gasteiger partial charge on any atom is -0.494 e. The zero-order chi connectivity index (χ0) is 28.1. The van der Waals surface area contributed by atoms with Gasteiger partial charge in [-0.05, 0) is 55.7 Å². The normalized spacial score (nSPS) is 11.2. The molecule has 0 aliphatic heterocycles. The van der Waals surface area contributed by atoms with Gasteiger partial charge in [-0.2, -0.15) is 0 Å². The van der Waals surface area contributed by atoms with E-state index in [0.29, 0.717) is 0 Å². The highest BCUT2D eigenvalue weighted by atomic mass is 32.1.